The summed E-state index contributed by atoms with van der Waals surface area (Å²) in [7, 11) is 0. The van der Waals surface area contributed by atoms with Gasteiger partial charge in [-0.05, 0) is 26.2 Å². The highest BCUT2D eigenvalue weighted by Gasteiger charge is 2.45. The molecule has 64 valence electrons. The zero-order chi connectivity index (χ0) is 7.90. The second-order valence-corrected chi connectivity index (χ2v) is 3.75. The Bertz CT molecular complexity index is 158. The van der Waals surface area contributed by atoms with Gasteiger partial charge in [0, 0.05) is 6.42 Å². The largest absolute Gasteiger partial charge is 0.344 e. The van der Waals surface area contributed by atoms with E-state index in [1.54, 1.807) is 0 Å². The van der Waals surface area contributed by atoms with E-state index < -0.39 is 0 Å². The molecular weight excluding hydrogens is 140 g/mol. The van der Waals surface area contributed by atoms with E-state index in [-0.39, 0.29) is 5.79 Å². The lowest BCUT2D eigenvalue weighted by Gasteiger charge is -2.26. The number of rotatable bonds is 1. The Morgan fingerprint density at radius 2 is 2.27 bits per heavy atom. The number of hydrogen-bond acceptors (Lipinski definition) is 2. The summed E-state index contributed by atoms with van der Waals surface area (Å²) in [5.74, 6) is -0.233. The van der Waals surface area contributed by atoms with Crippen LogP contribution in [-0.4, -0.2) is 18.0 Å². The van der Waals surface area contributed by atoms with Crippen LogP contribution >= 0.6 is 0 Å². The van der Waals surface area contributed by atoms with Crippen LogP contribution in [0.15, 0.2) is 0 Å². The van der Waals surface area contributed by atoms with Crippen LogP contribution in [0.4, 0.5) is 0 Å². The highest BCUT2D eigenvalue weighted by Crippen LogP contribution is 2.40. The lowest BCUT2D eigenvalue weighted by Crippen LogP contribution is -2.30. The Labute approximate surface area is 67.9 Å². The van der Waals surface area contributed by atoms with Crippen LogP contribution in [-0.2, 0) is 9.47 Å². The molecule has 2 heterocycles. The Morgan fingerprint density at radius 3 is 2.91 bits per heavy atom. The Morgan fingerprint density at radius 1 is 1.45 bits per heavy atom. The van der Waals surface area contributed by atoms with Gasteiger partial charge in [0.25, 0.3) is 0 Å². The summed E-state index contributed by atoms with van der Waals surface area (Å²) < 4.78 is 11.6. The molecule has 0 radical (unpaired) electrons. The highest BCUT2D eigenvalue weighted by atomic mass is 16.8. The topological polar surface area (TPSA) is 18.5 Å². The minimum Gasteiger partial charge on any atom is -0.344 e. The van der Waals surface area contributed by atoms with Gasteiger partial charge in [0.05, 0.1) is 12.2 Å². The maximum Gasteiger partial charge on any atom is 0.166 e. The molecule has 2 saturated heterocycles. The van der Waals surface area contributed by atoms with E-state index in [1.165, 1.54) is 12.8 Å². The van der Waals surface area contributed by atoms with Gasteiger partial charge in [-0.25, -0.2) is 0 Å². The van der Waals surface area contributed by atoms with E-state index in [9.17, 15) is 0 Å². The minimum atomic E-state index is -0.233. The molecule has 0 spiro atoms. The maximum atomic E-state index is 5.80. The van der Waals surface area contributed by atoms with E-state index in [1.807, 2.05) is 0 Å². The number of ether oxygens (including phenoxy) is 2. The van der Waals surface area contributed by atoms with Crippen molar-refractivity contribution in [3.8, 4) is 0 Å². The van der Waals surface area contributed by atoms with Crippen molar-refractivity contribution >= 4 is 0 Å². The van der Waals surface area contributed by atoms with Crippen molar-refractivity contribution in [2.75, 3.05) is 0 Å². The first-order valence-corrected chi connectivity index (χ1v) is 4.59. The predicted molar refractivity (Wildman–Crippen MR) is 42.3 cm³/mol. The maximum absolute atomic E-state index is 5.80. The van der Waals surface area contributed by atoms with Crippen LogP contribution in [0.1, 0.15) is 39.5 Å². The van der Waals surface area contributed by atoms with Crippen molar-refractivity contribution < 1.29 is 9.47 Å². The molecule has 2 aliphatic heterocycles. The van der Waals surface area contributed by atoms with Gasteiger partial charge < -0.3 is 9.47 Å². The summed E-state index contributed by atoms with van der Waals surface area (Å²) in [6.45, 7) is 4.23. The molecule has 2 bridgehead atoms. The standard InChI is InChI=1S/C9H16O2/c1-3-7-8-5-4-6-9(2,10-7)11-8/h7-8H,3-6H2,1-2H3/t7-,8-,9+/m0/s1. The predicted octanol–water partition coefficient (Wildman–Crippen LogP) is 2.08. The van der Waals surface area contributed by atoms with Gasteiger partial charge in [0.15, 0.2) is 5.79 Å². The molecule has 2 fully saturated rings. The fraction of sp³-hybridized carbons (Fsp3) is 1.00. The van der Waals surface area contributed by atoms with Crippen LogP contribution in [0.5, 0.6) is 0 Å². The molecule has 0 aromatic carbocycles. The van der Waals surface area contributed by atoms with Gasteiger partial charge >= 0.3 is 0 Å². The van der Waals surface area contributed by atoms with Crippen molar-refractivity contribution in [1.82, 2.24) is 0 Å². The second kappa shape index (κ2) is 2.46. The molecule has 0 amide bonds. The Kier molecular flexibility index (Phi) is 1.69. The molecule has 2 nitrogen and oxygen atoms in total. The van der Waals surface area contributed by atoms with Crippen LogP contribution in [0.3, 0.4) is 0 Å². The second-order valence-electron chi connectivity index (χ2n) is 3.75. The van der Waals surface area contributed by atoms with Gasteiger partial charge in [0.2, 0.25) is 0 Å². The average Bonchev–Trinajstić information content (AvgIpc) is 2.21. The van der Waals surface area contributed by atoms with Crippen LogP contribution < -0.4 is 0 Å². The molecular formula is C9H16O2. The summed E-state index contributed by atoms with van der Waals surface area (Å²) in [5, 5.41) is 0. The first-order valence-electron chi connectivity index (χ1n) is 4.59. The average molecular weight is 156 g/mol. The van der Waals surface area contributed by atoms with Crippen LogP contribution in [0.25, 0.3) is 0 Å². The number of fused-ring (bicyclic) bond motifs is 2. The first kappa shape index (κ1) is 7.56. The zero-order valence-corrected chi connectivity index (χ0v) is 7.30. The SMILES string of the molecule is CC[C@@H]1O[C@@]2(C)CCC[C@@H]1O2. The van der Waals surface area contributed by atoms with E-state index in [2.05, 4.69) is 13.8 Å². The summed E-state index contributed by atoms with van der Waals surface area (Å²) in [4.78, 5) is 0. The van der Waals surface area contributed by atoms with E-state index in [0.717, 1.165) is 12.8 Å². The molecule has 0 aromatic rings. The fourth-order valence-electron chi connectivity index (χ4n) is 2.15. The van der Waals surface area contributed by atoms with Crippen LogP contribution in [0, 0.1) is 0 Å². The van der Waals surface area contributed by atoms with Crippen molar-refractivity contribution in [3.63, 3.8) is 0 Å². The first-order chi connectivity index (χ1) is 5.23. The smallest absolute Gasteiger partial charge is 0.166 e. The van der Waals surface area contributed by atoms with E-state index in [4.69, 9.17) is 9.47 Å². The van der Waals surface area contributed by atoms with Crippen molar-refractivity contribution in [1.29, 1.82) is 0 Å². The molecule has 0 aromatic heterocycles. The van der Waals surface area contributed by atoms with E-state index >= 15 is 0 Å². The highest BCUT2D eigenvalue weighted by molar-refractivity contribution is 4.87. The minimum absolute atomic E-state index is 0.233. The normalized spacial score (nSPS) is 49.6. The van der Waals surface area contributed by atoms with Crippen molar-refractivity contribution in [2.24, 2.45) is 0 Å². The Hall–Kier alpha value is -0.0800. The van der Waals surface area contributed by atoms with Gasteiger partial charge in [-0.15, -0.1) is 0 Å². The van der Waals surface area contributed by atoms with Gasteiger partial charge in [-0.2, -0.15) is 0 Å². The Balaban J connectivity index is 2.10. The molecule has 11 heavy (non-hydrogen) atoms. The van der Waals surface area contributed by atoms with Crippen LogP contribution in [0.2, 0.25) is 0 Å². The van der Waals surface area contributed by atoms with Gasteiger partial charge in [0.1, 0.15) is 0 Å². The molecule has 2 rings (SSSR count). The third-order valence-corrected chi connectivity index (χ3v) is 2.74. The van der Waals surface area contributed by atoms with Gasteiger partial charge in [-0.1, -0.05) is 6.92 Å². The van der Waals surface area contributed by atoms with Crippen molar-refractivity contribution in [3.05, 3.63) is 0 Å². The monoisotopic (exact) mass is 156 g/mol. The third kappa shape index (κ3) is 1.18. The summed E-state index contributed by atoms with van der Waals surface area (Å²) in [6, 6.07) is 0. The quantitative estimate of drug-likeness (QED) is 0.578. The summed E-state index contributed by atoms with van der Waals surface area (Å²) in [6.07, 6.45) is 5.35. The summed E-state index contributed by atoms with van der Waals surface area (Å²) >= 11 is 0. The van der Waals surface area contributed by atoms with Crippen molar-refractivity contribution in [2.45, 2.75) is 57.5 Å². The molecule has 2 heteroatoms. The molecule has 3 atom stereocenters. The summed E-state index contributed by atoms with van der Waals surface area (Å²) in [5.41, 5.74) is 0. The lowest BCUT2D eigenvalue weighted by molar-refractivity contribution is -0.179. The molecule has 0 N–H and O–H groups in total. The molecule has 2 aliphatic rings. The zero-order valence-electron chi connectivity index (χ0n) is 7.30. The molecule has 0 saturated carbocycles. The fourth-order valence-corrected chi connectivity index (χ4v) is 2.15. The van der Waals surface area contributed by atoms with Gasteiger partial charge in [-0.3, -0.25) is 0 Å². The van der Waals surface area contributed by atoms with E-state index in [0.29, 0.717) is 12.2 Å². The lowest BCUT2D eigenvalue weighted by atomic mass is 10.0. The molecule has 0 aliphatic carbocycles. The number of hydrogen-bond donors (Lipinski definition) is 0. The third-order valence-electron chi connectivity index (χ3n) is 2.74. The molecule has 0 unspecified atom stereocenters.